The molecule has 0 aliphatic carbocycles. The van der Waals surface area contributed by atoms with E-state index in [-0.39, 0.29) is 5.91 Å². The van der Waals surface area contributed by atoms with E-state index in [4.69, 9.17) is 0 Å². The van der Waals surface area contributed by atoms with Crippen LogP contribution in [0.2, 0.25) is 0 Å². The number of rotatable bonds is 6. The average molecular weight is 349 g/mol. The first-order chi connectivity index (χ1) is 12.2. The standard InChI is InChI=1S/C20H19N3OS/c1-15-4-10-19(11-5-15)25-22-13-16-6-8-17(9-7-16)20(24)23-18-3-2-12-21-14-18/h2-12,14,22H,13H2,1H3,(H,23,24). The van der Waals surface area contributed by atoms with Gasteiger partial charge in [0.1, 0.15) is 0 Å². The first-order valence-electron chi connectivity index (χ1n) is 7.97. The molecule has 25 heavy (non-hydrogen) atoms. The molecule has 0 unspecified atom stereocenters. The fourth-order valence-electron chi connectivity index (χ4n) is 2.22. The van der Waals surface area contributed by atoms with Crippen molar-refractivity contribution in [2.45, 2.75) is 18.4 Å². The summed E-state index contributed by atoms with van der Waals surface area (Å²) in [6, 6.07) is 19.6. The van der Waals surface area contributed by atoms with Gasteiger partial charge in [0.15, 0.2) is 0 Å². The van der Waals surface area contributed by atoms with Gasteiger partial charge in [0.2, 0.25) is 0 Å². The lowest BCUT2D eigenvalue weighted by Gasteiger charge is -2.07. The van der Waals surface area contributed by atoms with Crippen LogP contribution in [0.1, 0.15) is 21.5 Å². The molecule has 1 heterocycles. The summed E-state index contributed by atoms with van der Waals surface area (Å²) in [4.78, 5) is 17.4. The third-order valence-corrected chi connectivity index (χ3v) is 4.42. The lowest BCUT2D eigenvalue weighted by atomic mass is 10.1. The van der Waals surface area contributed by atoms with Crippen molar-refractivity contribution in [1.29, 1.82) is 0 Å². The number of hydrogen-bond donors (Lipinski definition) is 2. The zero-order chi connectivity index (χ0) is 17.5. The number of benzene rings is 2. The van der Waals surface area contributed by atoms with E-state index in [1.807, 2.05) is 30.3 Å². The molecule has 4 nitrogen and oxygen atoms in total. The molecular formula is C20H19N3OS. The summed E-state index contributed by atoms with van der Waals surface area (Å²) in [5, 5.41) is 2.83. The molecule has 5 heteroatoms. The van der Waals surface area contributed by atoms with Crippen molar-refractivity contribution in [2.24, 2.45) is 0 Å². The number of amides is 1. The van der Waals surface area contributed by atoms with Crippen LogP contribution in [-0.2, 0) is 6.54 Å². The second-order valence-electron chi connectivity index (χ2n) is 5.63. The van der Waals surface area contributed by atoms with E-state index in [1.54, 1.807) is 30.4 Å². The van der Waals surface area contributed by atoms with E-state index in [0.717, 1.165) is 12.1 Å². The quantitative estimate of drug-likeness (QED) is 0.646. The van der Waals surface area contributed by atoms with E-state index < -0.39 is 0 Å². The van der Waals surface area contributed by atoms with E-state index in [9.17, 15) is 4.79 Å². The smallest absolute Gasteiger partial charge is 0.255 e. The Kier molecular flexibility index (Phi) is 5.82. The highest BCUT2D eigenvalue weighted by Gasteiger charge is 2.06. The van der Waals surface area contributed by atoms with Gasteiger partial charge < -0.3 is 5.32 Å². The number of aryl methyl sites for hydroxylation is 1. The Morgan fingerprint density at radius 2 is 1.80 bits per heavy atom. The molecule has 0 atom stereocenters. The molecular weight excluding hydrogens is 330 g/mol. The van der Waals surface area contributed by atoms with E-state index in [2.05, 4.69) is 46.2 Å². The van der Waals surface area contributed by atoms with Gasteiger partial charge in [0.25, 0.3) is 5.91 Å². The van der Waals surface area contributed by atoms with Crippen molar-refractivity contribution >= 4 is 23.5 Å². The largest absolute Gasteiger partial charge is 0.321 e. The normalized spacial score (nSPS) is 10.4. The highest BCUT2D eigenvalue weighted by atomic mass is 32.2. The Morgan fingerprint density at radius 1 is 1.04 bits per heavy atom. The minimum Gasteiger partial charge on any atom is -0.321 e. The van der Waals surface area contributed by atoms with Crippen molar-refractivity contribution in [1.82, 2.24) is 9.71 Å². The van der Waals surface area contributed by atoms with Gasteiger partial charge in [-0.3, -0.25) is 14.5 Å². The molecule has 1 amide bonds. The first kappa shape index (κ1) is 17.2. The fourth-order valence-corrected chi connectivity index (χ4v) is 2.90. The van der Waals surface area contributed by atoms with E-state index in [1.165, 1.54) is 10.5 Å². The first-order valence-corrected chi connectivity index (χ1v) is 8.79. The molecule has 126 valence electrons. The van der Waals surface area contributed by atoms with Gasteiger partial charge in [-0.25, -0.2) is 0 Å². The molecule has 0 saturated carbocycles. The highest BCUT2D eigenvalue weighted by molar-refractivity contribution is 7.97. The summed E-state index contributed by atoms with van der Waals surface area (Å²) in [5.41, 5.74) is 3.69. The van der Waals surface area contributed by atoms with Crippen LogP contribution in [0.3, 0.4) is 0 Å². The molecule has 0 saturated heterocycles. The van der Waals surface area contributed by atoms with Crippen LogP contribution in [0.25, 0.3) is 0 Å². The Balaban J connectivity index is 1.51. The van der Waals surface area contributed by atoms with Gasteiger partial charge in [-0.15, -0.1) is 0 Å². The van der Waals surface area contributed by atoms with Crippen molar-refractivity contribution < 1.29 is 4.79 Å². The van der Waals surface area contributed by atoms with Crippen LogP contribution in [-0.4, -0.2) is 10.9 Å². The third-order valence-electron chi connectivity index (χ3n) is 3.62. The monoisotopic (exact) mass is 349 g/mol. The lowest BCUT2D eigenvalue weighted by Crippen LogP contribution is -2.12. The van der Waals surface area contributed by atoms with Gasteiger partial charge in [-0.2, -0.15) is 0 Å². The number of nitrogens with one attached hydrogen (secondary N) is 2. The number of anilines is 1. The average Bonchev–Trinajstić information content (AvgIpc) is 2.65. The molecule has 2 aromatic carbocycles. The fraction of sp³-hybridized carbons (Fsp3) is 0.100. The summed E-state index contributed by atoms with van der Waals surface area (Å²) in [6.45, 7) is 2.80. The molecule has 0 fully saturated rings. The molecule has 0 aliphatic heterocycles. The highest BCUT2D eigenvalue weighted by Crippen LogP contribution is 2.16. The van der Waals surface area contributed by atoms with Crippen molar-refractivity contribution in [3.05, 3.63) is 89.7 Å². The van der Waals surface area contributed by atoms with Crippen LogP contribution >= 0.6 is 11.9 Å². The van der Waals surface area contributed by atoms with Gasteiger partial charge >= 0.3 is 0 Å². The second kappa shape index (κ2) is 8.46. The Hall–Kier alpha value is -2.63. The lowest BCUT2D eigenvalue weighted by molar-refractivity contribution is 0.102. The SMILES string of the molecule is Cc1ccc(SNCc2ccc(C(=O)Nc3cccnc3)cc2)cc1. The molecule has 0 spiro atoms. The topological polar surface area (TPSA) is 54.0 Å². The number of hydrogen-bond acceptors (Lipinski definition) is 4. The molecule has 2 N–H and O–H groups in total. The molecule has 0 aliphatic rings. The van der Waals surface area contributed by atoms with Crippen LogP contribution in [0.5, 0.6) is 0 Å². The van der Waals surface area contributed by atoms with Crippen LogP contribution < -0.4 is 10.0 Å². The summed E-state index contributed by atoms with van der Waals surface area (Å²) >= 11 is 1.60. The number of aromatic nitrogens is 1. The predicted octanol–water partition coefficient (Wildman–Crippen LogP) is 4.44. The molecule has 0 radical (unpaired) electrons. The Morgan fingerprint density at radius 3 is 2.48 bits per heavy atom. The van der Waals surface area contributed by atoms with E-state index >= 15 is 0 Å². The van der Waals surface area contributed by atoms with Gasteiger partial charge in [-0.1, -0.05) is 29.8 Å². The van der Waals surface area contributed by atoms with Crippen molar-refractivity contribution in [3.63, 3.8) is 0 Å². The van der Waals surface area contributed by atoms with Crippen LogP contribution in [0.15, 0.2) is 78.0 Å². The van der Waals surface area contributed by atoms with Gasteiger partial charge in [0, 0.05) is 23.2 Å². The zero-order valence-electron chi connectivity index (χ0n) is 13.9. The summed E-state index contributed by atoms with van der Waals surface area (Å²) in [5.74, 6) is -0.137. The number of nitrogens with zero attached hydrogens (tertiary/aromatic N) is 1. The second-order valence-corrected chi connectivity index (χ2v) is 6.59. The molecule has 0 bridgehead atoms. The maximum atomic E-state index is 12.2. The number of carbonyl (C=O) groups is 1. The van der Waals surface area contributed by atoms with Crippen molar-refractivity contribution in [2.75, 3.05) is 5.32 Å². The van der Waals surface area contributed by atoms with Crippen LogP contribution in [0, 0.1) is 6.92 Å². The third kappa shape index (κ3) is 5.17. The minimum absolute atomic E-state index is 0.137. The summed E-state index contributed by atoms with van der Waals surface area (Å²) in [7, 11) is 0. The van der Waals surface area contributed by atoms with Gasteiger partial charge in [-0.05, 0) is 60.8 Å². The summed E-state index contributed by atoms with van der Waals surface area (Å²) < 4.78 is 3.33. The van der Waals surface area contributed by atoms with Crippen LogP contribution in [0.4, 0.5) is 5.69 Å². The molecule has 1 aromatic heterocycles. The Bertz CT molecular complexity index is 818. The number of carbonyl (C=O) groups excluding carboxylic acids is 1. The van der Waals surface area contributed by atoms with Gasteiger partial charge in [0.05, 0.1) is 11.9 Å². The molecule has 3 aromatic rings. The minimum atomic E-state index is -0.137. The number of pyridine rings is 1. The zero-order valence-corrected chi connectivity index (χ0v) is 14.7. The maximum absolute atomic E-state index is 12.2. The summed E-state index contributed by atoms with van der Waals surface area (Å²) in [6.07, 6.45) is 3.30. The van der Waals surface area contributed by atoms with E-state index in [0.29, 0.717) is 11.3 Å². The maximum Gasteiger partial charge on any atom is 0.255 e. The Labute approximate surface area is 151 Å². The predicted molar refractivity (Wildman–Crippen MR) is 103 cm³/mol. The van der Waals surface area contributed by atoms with Crippen molar-refractivity contribution in [3.8, 4) is 0 Å². The molecule has 3 rings (SSSR count).